The minimum Gasteiger partial charge on any atom is -0.350 e. The molecule has 6 heteroatoms. The number of fused-ring (bicyclic) bond motifs is 2. The lowest BCUT2D eigenvalue weighted by molar-refractivity contribution is 0.241. The Hall–Kier alpha value is -3.25. The molecule has 0 radical (unpaired) electrons. The Kier molecular flexibility index (Phi) is 4.06. The fourth-order valence-corrected chi connectivity index (χ4v) is 4.06. The number of aryl methyl sites for hydroxylation is 1. The van der Waals surface area contributed by atoms with E-state index in [0.717, 1.165) is 36.3 Å². The van der Waals surface area contributed by atoms with Crippen LogP contribution >= 0.6 is 0 Å². The number of nitrogens with zero attached hydrogens (tertiary/aromatic N) is 4. The molecule has 0 bridgehead atoms. The highest BCUT2D eigenvalue weighted by atomic mass is 16.1. The van der Waals surface area contributed by atoms with E-state index in [9.17, 15) is 4.79 Å². The topological polar surface area (TPSA) is 66.8 Å². The van der Waals surface area contributed by atoms with Gasteiger partial charge in [-0.05, 0) is 30.2 Å². The summed E-state index contributed by atoms with van der Waals surface area (Å²) in [6.45, 7) is 2.38. The highest BCUT2D eigenvalue weighted by molar-refractivity contribution is 5.83. The molecule has 140 valence electrons. The van der Waals surface area contributed by atoms with Gasteiger partial charge in [-0.25, -0.2) is 4.98 Å². The van der Waals surface area contributed by atoms with Crippen LogP contribution in [-0.4, -0.2) is 31.0 Å². The van der Waals surface area contributed by atoms with E-state index in [4.69, 9.17) is 4.98 Å². The standard InChI is InChI=1S/C22H21N5O/c1-26-12-16(17-6-2-3-7-20(17)26)13-27-10-8-18-19(14-27)24-21(25-22(18)28)15-5-4-9-23-11-15/h2-7,9,11-12H,8,10,13-14H2,1H3,(H,24,25,28). The largest absolute Gasteiger partial charge is 0.350 e. The van der Waals surface area contributed by atoms with Gasteiger partial charge in [-0.3, -0.25) is 14.7 Å². The average Bonchev–Trinajstić information content (AvgIpc) is 3.04. The van der Waals surface area contributed by atoms with E-state index in [1.807, 2.05) is 12.1 Å². The number of pyridine rings is 1. The molecule has 1 aliphatic heterocycles. The van der Waals surface area contributed by atoms with Crippen molar-refractivity contribution in [3.63, 3.8) is 0 Å². The van der Waals surface area contributed by atoms with Gasteiger partial charge in [0.05, 0.1) is 5.69 Å². The maximum Gasteiger partial charge on any atom is 0.254 e. The molecule has 0 aliphatic carbocycles. The van der Waals surface area contributed by atoms with Gasteiger partial charge in [0, 0.05) is 67.3 Å². The Balaban J connectivity index is 1.46. The van der Waals surface area contributed by atoms with E-state index < -0.39 is 0 Å². The number of hydrogen-bond acceptors (Lipinski definition) is 4. The summed E-state index contributed by atoms with van der Waals surface area (Å²) < 4.78 is 2.17. The normalized spacial score (nSPS) is 14.3. The van der Waals surface area contributed by atoms with Crippen LogP contribution in [0.1, 0.15) is 16.8 Å². The van der Waals surface area contributed by atoms with Gasteiger partial charge in [0.15, 0.2) is 0 Å². The van der Waals surface area contributed by atoms with Crippen LogP contribution < -0.4 is 5.56 Å². The summed E-state index contributed by atoms with van der Waals surface area (Å²) in [5, 5.41) is 1.28. The monoisotopic (exact) mass is 371 g/mol. The molecule has 6 nitrogen and oxygen atoms in total. The van der Waals surface area contributed by atoms with E-state index in [1.54, 1.807) is 12.4 Å². The number of aromatic amines is 1. The van der Waals surface area contributed by atoms with Crippen LogP contribution in [0.4, 0.5) is 0 Å². The first-order valence-corrected chi connectivity index (χ1v) is 9.47. The van der Waals surface area contributed by atoms with Gasteiger partial charge in [0.25, 0.3) is 5.56 Å². The van der Waals surface area contributed by atoms with Crippen molar-refractivity contribution in [3.05, 3.63) is 82.2 Å². The lowest BCUT2D eigenvalue weighted by Gasteiger charge is -2.27. The molecule has 1 aliphatic rings. The van der Waals surface area contributed by atoms with Crippen molar-refractivity contribution < 1.29 is 0 Å². The molecule has 4 aromatic rings. The zero-order valence-corrected chi connectivity index (χ0v) is 15.7. The predicted octanol–water partition coefficient (Wildman–Crippen LogP) is 2.88. The fourth-order valence-electron chi connectivity index (χ4n) is 4.06. The molecule has 0 fully saturated rings. The highest BCUT2D eigenvalue weighted by Gasteiger charge is 2.22. The smallest absolute Gasteiger partial charge is 0.254 e. The van der Waals surface area contributed by atoms with Gasteiger partial charge in [-0.1, -0.05) is 18.2 Å². The van der Waals surface area contributed by atoms with Crippen LogP contribution in [0.5, 0.6) is 0 Å². The van der Waals surface area contributed by atoms with E-state index >= 15 is 0 Å². The summed E-state index contributed by atoms with van der Waals surface area (Å²) in [7, 11) is 2.08. The quantitative estimate of drug-likeness (QED) is 0.601. The second-order valence-electron chi connectivity index (χ2n) is 7.32. The maximum atomic E-state index is 12.6. The van der Waals surface area contributed by atoms with Crippen LogP contribution in [0.25, 0.3) is 22.3 Å². The summed E-state index contributed by atoms with van der Waals surface area (Å²) >= 11 is 0. The zero-order chi connectivity index (χ0) is 19.1. The molecule has 0 spiro atoms. The molecule has 0 amide bonds. The van der Waals surface area contributed by atoms with Gasteiger partial charge in [0.2, 0.25) is 0 Å². The molecule has 0 atom stereocenters. The number of hydrogen-bond donors (Lipinski definition) is 1. The number of aromatic nitrogens is 4. The molecule has 1 N–H and O–H groups in total. The Morgan fingerprint density at radius 1 is 1.18 bits per heavy atom. The summed E-state index contributed by atoms with van der Waals surface area (Å²) in [5.41, 5.74) is 5.01. The lowest BCUT2D eigenvalue weighted by Crippen LogP contribution is -2.35. The SMILES string of the molecule is Cn1cc(CN2CCc3c(nc(-c4cccnc4)[nH]c3=O)C2)c2ccccc21. The zero-order valence-electron chi connectivity index (χ0n) is 15.7. The van der Waals surface area contributed by atoms with Gasteiger partial charge in [-0.2, -0.15) is 0 Å². The van der Waals surface area contributed by atoms with Crippen molar-refractivity contribution >= 4 is 10.9 Å². The number of rotatable bonds is 3. The van der Waals surface area contributed by atoms with Crippen LogP contribution in [0.2, 0.25) is 0 Å². The molecular formula is C22H21N5O. The van der Waals surface area contributed by atoms with E-state index in [0.29, 0.717) is 12.4 Å². The van der Waals surface area contributed by atoms with Gasteiger partial charge < -0.3 is 9.55 Å². The van der Waals surface area contributed by atoms with Crippen molar-refractivity contribution in [2.24, 2.45) is 7.05 Å². The number of para-hydroxylation sites is 1. The summed E-state index contributed by atoms with van der Waals surface area (Å²) in [5.74, 6) is 0.587. The Bertz CT molecular complexity index is 1210. The highest BCUT2D eigenvalue weighted by Crippen LogP contribution is 2.24. The second kappa shape index (κ2) is 6.73. The lowest BCUT2D eigenvalue weighted by atomic mass is 10.0. The van der Waals surface area contributed by atoms with Crippen LogP contribution in [-0.2, 0) is 26.6 Å². The Morgan fingerprint density at radius 2 is 2.07 bits per heavy atom. The molecule has 0 unspecified atom stereocenters. The third-order valence-corrected chi connectivity index (χ3v) is 5.46. The Labute approximate surface area is 162 Å². The average molecular weight is 371 g/mol. The third-order valence-electron chi connectivity index (χ3n) is 5.46. The van der Waals surface area contributed by atoms with E-state index in [-0.39, 0.29) is 5.56 Å². The molecule has 5 rings (SSSR count). The maximum absolute atomic E-state index is 12.6. The van der Waals surface area contributed by atoms with Crippen molar-refractivity contribution in [1.82, 2.24) is 24.4 Å². The van der Waals surface area contributed by atoms with Gasteiger partial charge in [-0.15, -0.1) is 0 Å². The second-order valence-corrected chi connectivity index (χ2v) is 7.32. The van der Waals surface area contributed by atoms with Crippen molar-refractivity contribution in [2.45, 2.75) is 19.5 Å². The van der Waals surface area contributed by atoms with Crippen molar-refractivity contribution in [3.8, 4) is 11.4 Å². The molecule has 1 aromatic carbocycles. The summed E-state index contributed by atoms with van der Waals surface area (Å²) in [4.78, 5) is 26.7. The minimum atomic E-state index is -0.0336. The number of nitrogens with one attached hydrogen (secondary N) is 1. The van der Waals surface area contributed by atoms with Crippen molar-refractivity contribution in [1.29, 1.82) is 0 Å². The van der Waals surface area contributed by atoms with Crippen molar-refractivity contribution in [2.75, 3.05) is 6.54 Å². The fraction of sp³-hybridized carbons (Fsp3) is 0.227. The molecule has 3 aromatic heterocycles. The number of benzene rings is 1. The van der Waals surface area contributed by atoms with Crippen LogP contribution in [0, 0.1) is 0 Å². The summed E-state index contributed by atoms with van der Waals surface area (Å²) in [6.07, 6.45) is 6.36. The predicted molar refractivity (Wildman–Crippen MR) is 109 cm³/mol. The van der Waals surface area contributed by atoms with Gasteiger partial charge >= 0.3 is 0 Å². The molecule has 0 saturated carbocycles. The first-order valence-electron chi connectivity index (χ1n) is 9.47. The number of H-pyrrole nitrogens is 1. The minimum absolute atomic E-state index is 0.0336. The molecule has 28 heavy (non-hydrogen) atoms. The molecule has 4 heterocycles. The first-order chi connectivity index (χ1) is 13.7. The van der Waals surface area contributed by atoms with E-state index in [2.05, 4.69) is 56.9 Å². The van der Waals surface area contributed by atoms with Crippen LogP contribution in [0.15, 0.2) is 59.8 Å². The summed E-state index contributed by atoms with van der Waals surface area (Å²) in [6, 6.07) is 12.2. The third kappa shape index (κ3) is 2.92. The van der Waals surface area contributed by atoms with Crippen LogP contribution in [0.3, 0.4) is 0 Å². The molecular weight excluding hydrogens is 350 g/mol. The van der Waals surface area contributed by atoms with E-state index in [1.165, 1.54) is 16.5 Å². The molecule has 0 saturated heterocycles. The first kappa shape index (κ1) is 16.9. The Morgan fingerprint density at radius 3 is 2.93 bits per heavy atom. The van der Waals surface area contributed by atoms with Gasteiger partial charge in [0.1, 0.15) is 5.82 Å².